The fourth-order valence-electron chi connectivity index (χ4n) is 5.51. The van der Waals surface area contributed by atoms with Crippen molar-refractivity contribution in [1.82, 2.24) is 9.80 Å². The number of hydrogen-bond donors (Lipinski definition) is 0. The Morgan fingerprint density at radius 1 is 0.906 bits per heavy atom. The average molecular weight is 443 g/mol. The maximum absolute atomic E-state index is 12.7. The van der Waals surface area contributed by atoms with Gasteiger partial charge in [0.25, 0.3) is 0 Å². The number of anilines is 2. The summed E-state index contributed by atoms with van der Waals surface area (Å²) in [7, 11) is 2.24. The largest absolute Gasteiger partial charge is 0.378 e. The summed E-state index contributed by atoms with van der Waals surface area (Å²) in [5.74, 6) is 0.160. The Hall–Kier alpha value is -1.63. The number of rotatable bonds is 2. The Kier molecular flexibility index (Phi) is 8.44. The maximum Gasteiger partial charge on any atom is 0.223 e. The molecule has 0 aliphatic carbocycles. The van der Waals surface area contributed by atoms with Crippen LogP contribution < -0.4 is 9.80 Å². The van der Waals surface area contributed by atoms with Crippen LogP contribution >= 0.6 is 0 Å². The minimum absolute atomic E-state index is 0.160. The molecule has 4 rings (SSSR count). The van der Waals surface area contributed by atoms with Crippen molar-refractivity contribution in [3.63, 3.8) is 0 Å². The van der Waals surface area contributed by atoms with E-state index < -0.39 is 0 Å². The predicted octanol–water partition coefficient (Wildman–Crippen LogP) is 3.74. The lowest BCUT2D eigenvalue weighted by molar-refractivity contribution is -0.116. The minimum atomic E-state index is 0.160. The zero-order chi connectivity index (χ0) is 22.3. The van der Waals surface area contributed by atoms with Crippen molar-refractivity contribution in [2.75, 3.05) is 69.3 Å². The summed E-state index contributed by atoms with van der Waals surface area (Å²) in [6, 6.07) is 7.43. The molecule has 32 heavy (non-hydrogen) atoms. The van der Waals surface area contributed by atoms with Crippen LogP contribution in [-0.4, -0.2) is 81.3 Å². The quantitative estimate of drug-likeness (QED) is 0.698. The summed E-state index contributed by atoms with van der Waals surface area (Å²) >= 11 is 0. The van der Waals surface area contributed by atoms with Crippen LogP contribution in [0.2, 0.25) is 0 Å². The normalized spacial score (nSPS) is 23.3. The molecular weight excluding hydrogens is 400 g/mol. The Labute approximate surface area is 194 Å². The van der Waals surface area contributed by atoms with Crippen LogP contribution in [0.3, 0.4) is 0 Å². The van der Waals surface area contributed by atoms with E-state index in [1.54, 1.807) is 6.92 Å². The number of carbonyl (C=O) groups excluding carboxylic acids is 1. The van der Waals surface area contributed by atoms with E-state index in [9.17, 15) is 4.79 Å². The zero-order valence-electron chi connectivity index (χ0n) is 20.2. The van der Waals surface area contributed by atoms with E-state index in [2.05, 4.69) is 39.9 Å². The van der Waals surface area contributed by atoms with Gasteiger partial charge in [-0.05, 0) is 76.1 Å². The monoisotopic (exact) mass is 442 g/mol. The van der Waals surface area contributed by atoms with E-state index in [-0.39, 0.29) is 5.91 Å². The van der Waals surface area contributed by atoms with Crippen molar-refractivity contribution in [3.05, 3.63) is 23.8 Å². The number of piperidine rings is 1. The molecule has 1 aromatic rings. The molecule has 3 heterocycles. The lowest BCUT2D eigenvalue weighted by Gasteiger charge is -2.39. The maximum atomic E-state index is 12.7. The molecule has 1 amide bonds. The first-order valence-corrected chi connectivity index (χ1v) is 12.8. The van der Waals surface area contributed by atoms with E-state index in [4.69, 9.17) is 4.74 Å². The summed E-state index contributed by atoms with van der Waals surface area (Å²) < 4.78 is 5.57. The molecule has 0 unspecified atom stereocenters. The van der Waals surface area contributed by atoms with E-state index in [0.717, 1.165) is 58.0 Å². The minimum Gasteiger partial charge on any atom is -0.378 e. The van der Waals surface area contributed by atoms with Crippen LogP contribution in [0.15, 0.2) is 18.2 Å². The molecule has 3 aliphatic rings. The molecule has 0 saturated carbocycles. The van der Waals surface area contributed by atoms with Gasteiger partial charge in [0.2, 0.25) is 5.91 Å². The first-order valence-electron chi connectivity index (χ1n) is 12.8. The zero-order valence-corrected chi connectivity index (χ0v) is 20.2. The van der Waals surface area contributed by atoms with E-state index in [0.29, 0.717) is 6.04 Å². The second-order valence-corrected chi connectivity index (χ2v) is 9.86. The molecule has 0 bridgehead atoms. The molecule has 0 atom stereocenters. The van der Waals surface area contributed by atoms with Crippen LogP contribution in [0, 0.1) is 0 Å². The van der Waals surface area contributed by atoms with Gasteiger partial charge in [-0.3, -0.25) is 9.69 Å². The molecule has 2 saturated heterocycles. The number of nitrogens with zero attached hydrogens (tertiary/aromatic N) is 4. The van der Waals surface area contributed by atoms with Crippen molar-refractivity contribution in [2.24, 2.45) is 0 Å². The predicted molar refractivity (Wildman–Crippen MR) is 132 cm³/mol. The molecule has 6 nitrogen and oxygen atoms in total. The Morgan fingerprint density at radius 3 is 2.31 bits per heavy atom. The number of likely N-dealkylation sites (tertiary alicyclic amines) is 1. The van der Waals surface area contributed by atoms with Crippen LogP contribution in [0.5, 0.6) is 0 Å². The molecule has 2 fully saturated rings. The highest BCUT2D eigenvalue weighted by molar-refractivity contribution is 5.92. The topological polar surface area (TPSA) is 39.3 Å². The number of carbonyl (C=O) groups is 1. The first kappa shape index (κ1) is 23.5. The fraction of sp³-hybridized carbons (Fsp3) is 0.731. The lowest BCUT2D eigenvalue weighted by Crippen LogP contribution is -2.44. The molecule has 6 heteroatoms. The number of morpholine rings is 1. The molecule has 0 radical (unpaired) electrons. The standard InChI is InChI=1S/C26H42N4O2/c1-22(31)30-13-7-5-3-4-6-12-29(24-10-14-27(2)15-11-24)21-23-20-25(8-9-26(23)30)28-16-18-32-19-17-28/h8-9,20,24H,3-7,10-19,21H2,1-2H3. The number of amides is 1. The highest BCUT2D eigenvalue weighted by Crippen LogP contribution is 2.31. The van der Waals surface area contributed by atoms with Gasteiger partial charge in [-0.25, -0.2) is 0 Å². The molecular formula is C26H42N4O2. The summed E-state index contributed by atoms with van der Waals surface area (Å²) in [5, 5.41) is 0. The molecule has 3 aliphatic heterocycles. The second kappa shape index (κ2) is 11.5. The third-order valence-electron chi connectivity index (χ3n) is 7.52. The molecule has 1 aromatic carbocycles. The number of benzene rings is 1. The number of ether oxygens (including phenoxy) is 1. The molecule has 0 spiro atoms. The van der Waals surface area contributed by atoms with Crippen molar-refractivity contribution in [1.29, 1.82) is 0 Å². The van der Waals surface area contributed by atoms with Gasteiger partial charge in [-0.15, -0.1) is 0 Å². The molecule has 178 valence electrons. The summed E-state index contributed by atoms with van der Waals surface area (Å²) in [6.07, 6.45) is 8.62. The van der Waals surface area contributed by atoms with Crippen molar-refractivity contribution in [3.8, 4) is 0 Å². The van der Waals surface area contributed by atoms with Crippen LogP contribution in [0.25, 0.3) is 0 Å². The van der Waals surface area contributed by atoms with Crippen LogP contribution in [-0.2, 0) is 16.1 Å². The summed E-state index contributed by atoms with van der Waals surface area (Å²) in [4.78, 5) is 22.3. The average Bonchev–Trinajstić information content (AvgIpc) is 2.80. The third kappa shape index (κ3) is 6.03. The van der Waals surface area contributed by atoms with Gasteiger partial charge >= 0.3 is 0 Å². The molecule has 0 N–H and O–H groups in total. The van der Waals surface area contributed by atoms with E-state index in [1.807, 2.05) is 4.90 Å². The van der Waals surface area contributed by atoms with Gasteiger partial charge in [0.15, 0.2) is 0 Å². The summed E-state index contributed by atoms with van der Waals surface area (Å²) in [6.45, 7) is 10.5. The fourth-order valence-corrected chi connectivity index (χ4v) is 5.51. The smallest absolute Gasteiger partial charge is 0.223 e. The van der Waals surface area contributed by atoms with Gasteiger partial charge < -0.3 is 19.4 Å². The highest BCUT2D eigenvalue weighted by atomic mass is 16.5. The van der Waals surface area contributed by atoms with E-state index in [1.165, 1.54) is 62.9 Å². The summed E-state index contributed by atoms with van der Waals surface area (Å²) in [5.41, 5.74) is 3.70. The number of fused-ring (bicyclic) bond motifs is 1. The van der Waals surface area contributed by atoms with Crippen molar-refractivity contribution >= 4 is 17.3 Å². The van der Waals surface area contributed by atoms with Gasteiger partial charge in [0.1, 0.15) is 0 Å². The SMILES string of the molecule is CC(=O)N1CCCCCCCN(C2CCN(C)CC2)Cc2cc(N3CCOCC3)ccc21. The van der Waals surface area contributed by atoms with Crippen molar-refractivity contribution in [2.45, 2.75) is 64.5 Å². The third-order valence-corrected chi connectivity index (χ3v) is 7.52. The van der Waals surface area contributed by atoms with Gasteiger partial charge in [-0.1, -0.05) is 19.3 Å². The second-order valence-electron chi connectivity index (χ2n) is 9.86. The van der Waals surface area contributed by atoms with Gasteiger partial charge in [0, 0.05) is 50.5 Å². The lowest BCUT2D eigenvalue weighted by atomic mass is 10.00. The van der Waals surface area contributed by atoms with Crippen LogP contribution in [0.1, 0.15) is 57.4 Å². The Bertz CT molecular complexity index is 741. The Balaban J connectivity index is 1.65. The van der Waals surface area contributed by atoms with Gasteiger partial charge in [-0.2, -0.15) is 0 Å². The van der Waals surface area contributed by atoms with Gasteiger partial charge in [0.05, 0.1) is 13.2 Å². The van der Waals surface area contributed by atoms with E-state index >= 15 is 0 Å². The number of hydrogen-bond acceptors (Lipinski definition) is 5. The highest BCUT2D eigenvalue weighted by Gasteiger charge is 2.26. The Morgan fingerprint density at radius 2 is 1.59 bits per heavy atom. The molecule has 0 aromatic heterocycles. The van der Waals surface area contributed by atoms with Crippen LogP contribution in [0.4, 0.5) is 11.4 Å². The van der Waals surface area contributed by atoms with Crippen molar-refractivity contribution < 1.29 is 9.53 Å². The first-order chi connectivity index (χ1) is 15.6.